The predicted molar refractivity (Wildman–Crippen MR) is 70.2 cm³/mol. The van der Waals surface area contributed by atoms with Gasteiger partial charge in [-0.3, -0.25) is 0 Å². The molecule has 0 aliphatic carbocycles. The van der Waals surface area contributed by atoms with Crippen LogP contribution < -0.4 is 5.73 Å². The summed E-state index contributed by atoms with van der Waals surface area (Å²) >= 11 is 0. The molecule has 0 unspecified atom stereocenters. The second-order valence-corrected chi connectivity index (χ2v) is 4.12. The monoisotopic (exact) mass is 274 g/mol. The number of carbonyl (C=O) groups excluding carboxylic acids is 1. The standard InChI is InChI=1S/C12H14N6O2/c1-4-20-12(19)10-9(14)6-18(16-10)11-8(5-13)7(2)15-17(11)3/h6H,4,14H2,1-3H3. The summed E-state index contributed by atoms with van der Waals surface area (Å²) in [5.74, 6) is -0.145. The van der Waals surface area contributed by atoms with Gasteiger partial charge in [0.05, 0.1) is 24.2 Å². The Morgan fingerprint density at radius 3 is 2.85 bits per heavy atom. The summed E-state index contributed by atoms with van der Waals surface area (Å²) in [6.07, 6.45) is 1.46. The molecule has 8 heteroatoms. The average molecular weight is 274 g/mol. The summed E-state index contributed by atoms with van der Waals surface area (Å²) in [5, 5.41) is 17.4. The maximum Gasteiger partial charge on any atom is 0.361 e. The number of anilines is 1. The Bertz CT molecular complexity index is 706. The zero-order valence-electron chi connectivity index (χ0n) is 11.4. The van der Waals surface area contributed by atoms with Gasteiger partial charge in [0.2, 0.25) is 0 Å². The molecule has 2 aromatic heterocycles. The largest absolute Gasteiger partial charge is 0.461 e. The molecule has 0 aromatic carbocycles. The van der Waals surface area contributed by atoms with E-state index in [4.69, 9.17) is 10.5 Å². The van der Waals surface area contributed by atoms with E-state index in [9.17, 15) is 10.1 Å². The van der Waals surface area contributed by atoms with Crippen LogP contribution in [0.3, 0.4) is 0 Å². The van der Waals surface area contributed by atoms with Crippen LogP contribution in [-0.2, 0) is 11.8 Å². The van der Waals surface area contributed by atoms with E-state index >= 15 is 0 Å². The fraction of sp³-hybridized carbons (Fsp3) is 0.333. The van der Waals surface area contributed by atoms with Gasteiger partial charge in [-0.15, -0.1) is 0 Å². The van der Waals surface area contributed by atoms with E-state index in [0.29, 0.717) is 17.1 Å². The Labute approximate surface area is 115 Å². The highest BCUT2D eigenvalue weighted by atomic mass is 16.5. The number of rotatable bonds is 3. The molecule has 2 N–H and O–H groups in total. The molecule has 0 saturated heterocycles. The van der Waals surface area contributed by atoms with Crippen LogP contribution in [0.1, 0.15) is 28.7 Å². The maximum atomic E-state index is 11.7. The Kier molecular flexibility index (Phi) is 3.43. The van der Waals surface area contributed by atoms with E-state index in [1.54, 1.807) is 20.9 Å². The molecule has 0 saturated carbocycles. The third kappa shape index (κ3) is 2.09. The summed E-state index contributed by atoms with van der Waals surface area (Å²) < 4.78 is 7.74. The number of ether oxygens (including phenoxy) is 1. The van der Waals surface area contributed by atoms with Crippen molar-refractivity contribution < 1.29 is 9.53 Å². The van der Waals surface area contributed by atoms with Crippen LogP contribution in [0.25, 0.3) is 5.82 Å². The lowest BCUT2D eigenvalue weighted by Crippen LogP contribution is -2.10. The molecule has 0 radical (unpaired) electrons. The number of hydrogen-bond acceptors (Lipinski definition) is 6. The quantitative estimate of drug-likeness (QED) is 0.818. The highest BCUT2D eigenvalue weighted by Crippen LogP contribution is 2.19. The van der Waals surface area contributed by atoms with Crippen LogP contribution in [0, 0.1) is 18.3 Å². The first-order valence-electron chi connectivity index (χ1n) is 5.95. The Morgan fingerprint density at radius 1 is 1.55 bits per heavy atom. The molecule has 0 fully saturated rings. The van der Waals surface area contributed by atoms with Gasteiger partial charge < -0.3 is 10.5 Å². The molecule has 0 spiro atoms. The van der Waals surface area contributed by atoms with Gasteiger partial charge in [-0.1, -0.05) is 0 Å². The first-order valence-corrected chi connectivity index (χ1v) is 5.95. The topological polar surface area (TPSA) is 112 Å². The van der Waals surface area contributed by atoms with Crippen molar-refractivity contribution in [2.75, 3.05) is 12.3 Å². The van der Waals surface area contributed by atoms with Crippen LogP contribution in [0.2, 0.25) is 0 Å². The lowest BCUT2D eigenvalue weighted by molar-refractivity contribution is 0.0520. The fourth-order valence-electron chi connectivity index (χ4n) is 1.89. The molecule has 104 valence electrons. The van der Waals surface area contributed by atoms with Crippen LogP contribution in [-0.4, -0.2) is 32.1 Å². The smallest absolute Gasteiger partial charge is 0.361 e. The number of carbonyl (C=O) groups is 1. The second kappa shape index (κ2) is 5.05. The molecule has 0 aliphatic rings. The number of nitrogens with two attached hydrogens (primary N) is 1. The van der Waals surface area contributed by atoms with Gasteiger partial charge in [0.1, 0.15) is 11.6 Å². The lowest BCUT2D eigenvalue weighted by atomic mass is 10.3. The minimum Gasteiger partial charge on any atom is -0.461 e. The number of hydrogen-bond donors (Lipinski definition) is 1. The minimum absolute atomic E-state index is 0.0228. The number of aryl methyl sites for hydroxylation is 2. The first kappa shape index (κ1) is 13.6. The van der Waals surface area contributed by atoms with Crippen molar-refractivity contribution in [3.05, 3.63) is 23.1 Å². The third-order valence-corrected chi connectivity index (χ3v) is 2.73. The van der Waals surface area contributed by atoms with Crippen LogP contribution in [0.15, 0.2) is 6.20 Å². The molecular weight excluding hydrogens is 260 g/mol. The van der Waals surface area contributed by atoms with Gasteiger partial charge in [0.15, 0.2) is 11.5 Å². The van der Waals surface area contributed by atoms with Gasteiger partial charge in [0, 0.05) is 7.05 Å². The van der Waals surface area contributed by atoms with Crippen molar-refractivity contribution in [2.45, 2.75) is 13.8 Å². The molecule has 2 heterocycles. The summed E-state index contributed by atoms with van der Waals surface area (Å²) in [7, 11) is 1.69. The molecule has 0 aliphatic heterocycles. The Hall–Kier alpha value is -2.82. The van der Waals surface area contributed by atoms with Gasteiger partial charge >= 0.3 is 5.97 Å². The average Bonchev–Trinajstić information content (AvgIpc) is 2.89. The summed E-state index contributed by atoms with van der Waals surface area (Å²) in [4.78, 5) is 11.7. The minimum atomic E-state index is -0.596. The van der Waals surface area contributed by atoms with Gasteiger partial charge in [-0.2, -0.15) is 15.5 Å². The van der Waals surface area contributed by atoms with E-state index < -0.39 is 5.97 Å². The molecule has 0 amide bonds. The van der Waals surface area contributed by atoms with Gasteiger partial charge in [-0.05, 0) is 13.8 Å². The maximum absolute atomic E-state index is 11.7. The molecular formula is C12H14N6O2. The van der Waals surface area contributed by atoms with Gasteiger partial charge in [-0.25, -0.2) is 14.2 Å². The van der Waals surface area contributed by atoms with E-state index in [1.165, 1.54) is 15.6 Å². The van der Waals surface area contributed by atoms with Gasteiger partial charge in [0.25, 0.3) is 0 Å². The number of nitrogen functional groups attached to an aromatic ring is 1. The van der Waals surface area contributed by atoms with Crippen molar-refractivity contribution in [1.29, 1.82) is 5.26 Å². The van der Waals surface area contributed by atoms with Crippen molar-refractivity contribution in [3.63, 3.8) is 0 Å². The van der Waals surface area contributed by atoms with Crippen molar-refractivity contribution in [3.8, 4) is 11.9 Å². The third-order valence-electron chi connectivity index (χ3n) is 2.73. The summed E-state index contributed by atoms with van der Waals surface area (Å²) in [5.41, 5.74) is 6.93. The van der Waals surface area contributed by atoms with Crippen molar-refractivity contribution in [1.82, 2.24) is 19.6 Å². The first-order chi connectivity index (χ1) is 9.49. The van der Waals surface area contributed by atoms with Crippen LogP contribution >= 0.6 is 0 Å². The SMILES string of the molecule is CCOC(=O)c1nn(-c2c(C#N)c(C)nn2C)cc1N. The molecule has 2 aromatic rings. The van der Waals surface area contributed by atoms with Crippen molar-refractivity contribution in [2.24, 2.45) is 7.05 Å². The number of esters is 1. The van der Waals surface area contributed by atoms with Crippen LogP contribution in [0.4, 0.5) is 5.69 Å². The van der Waals surface area contributed by atoms with E-state index in [2.05, 4.69) is 16.3 Å². The lowest BCUT2D eigenvalue weighted by Gasteiger charge is -2.01. The summed E-state index contributed by atoms with van der Waals surface area (Å²) in [6, 6.07) is 2.07. The summed E-state index contributed by atoms with van der Waals surface area (Å²) in [6.45, 7) is 3.66. The van der Waals surface area contributed by atoms with Crippen molar-refractivity contribution >= 4 is 11.7 Å². The zero-order valence-corrected chi connectivity index (χ0v) is 11.4. The molecule has 8 nitrogen and oxygen atoms in total. The molecule has 20 heavy (non-hydrogen) atoms. The van der Waals surface area contributed by atoms with E-state index in [0.717, 1.165) is 0 Å². The molecule has 2 rings (SSSR count). The zero-order chi connectivity index (χ0) is 14.9. The normalized spacial score (nSPS) is 10.3. The fourth-order valence-corrected chi connectivity index (χ4v) is 1.89. The second-order valence-electron chi connectivity index (χ2n) is 4.12. The Balaban J connectivity index is 2.54. The number of aromatic nitrogens is 4. The molecule has 0 bridgehead atoms. The van der Waals surface area contributed by atoms with Crippen LogP contribution in [0.5, 0.6) is 0 Å². The Morgan fingerprint density at radius 2 is 2.25 bits per heavy atom. The highest BCUT2D eigenvalue weighted by Gasteiger charge is 2.21. The number of nitriles is 1. The predicted octanol–water partition coefficient (Wildman–Crippen LogP) is 0.545. The molecule has 0 atom stereocenters. The number of nitrogens with zero attached hydrogens (tertiary/aromatic N) is 5. The van der Waals surface area contributed by atoms with E-state index in [1.807, 2.05) is 0 Å². The van der Waals surface area contributed by atoms with E-state index in [-0.39, 0.29) is 18.0 Å². The highest BCUT2D eigenvalue weighted by molar-refractivity contribution is 5.92.